The molecule has 1 aromatic heterocycles. The standard InChI is InChI=1S/C9H4F3N3O3S/c10-9(11,12)18-4-1-3(7(16)15-17)2-5-6(4)14-8(13)19-5/h1-2H,(H2,13,14). The van der Waals surface area contributed by atoms with Crippen molar-refractivity contribution in [3.05, 3.63) is 22.6 Å². The second kappa shape index (κ2) is 4.46. The highest BCUT2D eigenvalue weighted by Gasteiger charge is 2.33. The topological polar surface area (TPSA) is 94.6 Å². The Kier molecular flexibility index (Phi) is 3.10. The number of alkyl halides is 3. The lowest BCUT2D eigenvalue weighted by Gasteiger charge is -2.09. The minimum Gasteiger partial charge on any atom is -0.403 e. The largest absolute Gasteiger partial charge is 0.573 e. The molecule has 0 atom stereocenters. The molecule has 2 rings (SSSR count). The van der Waals surface area contributed by atoms with E-state index in [1.54, 1.807) is 0 Å². The fourth-order valence-corrected chi connectivity index (χ4v) is 2.19. The van der Waals surface area contributed by atoms with Crippen molar-refractivity contribution in [1.29, 1.82) is 0 Å². The van der Waals surface area contributed by atoms with Gasteiger partial charge in [0.05, 0.1) is 10.3 Å². The Morgan fingerprint density at radius 2 is 2.11 bits per heavy atom. The van der Waals surface area contributed by atoms with Crippen LogP contribution >= 0.6 is 11.3 Å². The highest BCUT2D eigenvalue weighted by atomic mass is 32.1. The molecule has 10 heteroatoms. The third kappa shape index (κ3) is 2.78. The average Bonchev–Trinajstić information content (AvgIpc) is 2.66. The molecular weight excluding hydrogens is 287 g/mol. The summed E-state index contributed by atoms with van der Waals surface area (Å²) in [5.74, 6) is -1.91. The molecule has 0 radical (unpaired) electrons. The van der Waals surface area contributed by atoms with E-state index in [0.29, 0.717) is 0 Å². The Labute approximate surface area is 107 Å². The predicted molar refractivity (Wildman–Crippen MR) is 60.8 cm³/mol. The monoisotopic (exact) mass is 291 g/mol. The molecule has 0 aliphatic carbocycles. The van der Waals surface area contributed by atoms with E-state index >= 15 is 0 Å². The number of carbonyl (C=O) groups is 1. The number of carbonyl (C=O) groups excluding carboxylic acids is 1. The van der Waals surface area contributed by atoms with Crippen LogP contribution in [0, 0.1) is 4.91 Å². The lowest BCUT2D eigenvalue weighted by atomic mass is 10.2. The van der Waals surface area contributed by atoms with Crippen molar-refractivity contribution < 1.29 is 22.7 Å². The molecular formula is C9H4F3N3O3S. The molecule has 0 saturated heterocycles. The number of rotatable bonds is 2. The zero-order valence-corrected chi connectivity index (χ0v) is 9.71. The van der Waals surface area contributed by atoms with E-state index in [2.05, 4.69) is 14.9 Å². The summed E-state index contributed by atoms with van der Waals surface area (Å²) < 4.78 is 40.7. The smallest absolute Gasteiger partial charge is 0.403 e. The predicted octanol–water partition coefficient (Wildman–Crippen LogP) is 2.68. The molecule has 1 amide bonds. The summed E-state index contributed by atoms with van der Waals surface area (Å²) in [6.07, 6.45) is -4.96. The summed E-state index contributed by atoms with van der Waals surface area (Å²) in [5, 5.41) is 2.14. The van der Waals surface area contributed by atoms with Gasteiger partial charge in [-0.15, -0.1) is 18.1 Å². The average molecular weight is 291 g/mol. The second-order valence-electron chi connectivity index (χ2n) is 3.32. The zero-order valence-electron chi connectivity index (χ0n) is 8.89. The normalized spacial score (nSPS) is 11.5. The third-order valence-corrected chi connectivity index (χ3v) is 2.86. The summed E-state index contributed by atoms with van der Waals surface area (Å²) in [7, 11) is 0. The molecule has 0 unspecified atom stereocenters. The number of nitrogen functional groups attached to an aromatic ring is 1. The quantitative estimate of drug-likeness (QED) is 0.858. The van der Waals surface area contributed by atoms with Crippen molar-refractivity contribution in [2.75, 3.05) is 5.73 Å². The molecule has 1 heterocycles. The number of halogens is 3. The van der Waals surface area contributed by atoms with Crippen LogP contribution < -0.4 is 10.5 Å². The molecule has 0 spiro atoms. The van der Waals surface area contributed by atoms with Crippen LogP contribution in [0.4, 0.5) is 18.3 Å². The number of aromatic nitrogens is 1. The number of hydrogen-bond acceptors (Lipinski definition) is 6. The molecule has 0 saturated carbocycles. The first-order valence-electron chi connectivity index (χ1n) is 4.63. The summed E-state index contributed by atoms with van der Waals surface area (Å²) in [4.78, 5) is 24.9. The number of nitrogens with two attached hydrogens (primary N) is 1. The van der Waals surface area contributed by atoms with Gasteiger partial charge in [-0.25, -0.2) is 4.98 Å². The Hall–Kier alpha value is -2.23. The highest BCUT2D eigenvalue weighted by Crippen LogP contribution is 2.35. The van der Waals surface area contributed by atoms with E-state index in [-0.39, 0.29) is 20.9 Å². The van der Waals surface area contributed by atoms with Gasteiger partial charge in [-0.05, 0) is 12.1 Å². The third-order valence-electron chi connectivity index (χ3n) is 2.03. The van der Waals surface area contributed by atoms with Gasteiger partial charge in [0.25, 0.3) is 0 Å². The van der Waals surface area contributed by atoms with Gasteiger partial charge in [0.2, 0.25) is 0 Å². The van der Waals surface area contributed by atoms with Crippen molar-refractivity contribution >= 4 is 32.6 Å². The SMILES string of the molecule is Nc1nc2c(OC(F)(F)F)cc(C(=O)N=O)cc2s1. The number of amides is 1. The maximum atomic E-state index is 12.2. The van der Waals surface area contributed by atoms with E-state index in [1.807, 2.05) is 0 Å². The van der Waals surface area contributed by atoms with Crippen LogP contribution in [-0.4, -0.2) is 17.3 Å². The van der Waals surface area contributed by atoms with E-state index in [0.717, 1.165) is 17.4 Å². The molecule has 6 nitrogen and oxygen atoms in total. The highest BCUT2D eigenvalue weighted by molar-refractivity contribution is 7.22. The Bertz CT molecular complexity index is 668. The van der Waals surface area contributed by atoms with E-state index in [1.165, 1.54) is 6.07 Å². The first-order chi connectivity index (χ1) is 8.80. The lowest BCUT2D eigenvalue weighted by Crippen LogP contribution is -2.17. The van der Waals surface area contributed by atoms with Gasteiger partial charge < -0.3 is 10.5 Å². The van der Waals surface area contributed by atoms with E-state index in [9.17, 15) is 22.9 Å². The number of nitrogens with zero attached hydrogens (tertiary/aromatic N) is 2. The van der Waals surface area contributed by atoms with Crippen molar-refractivity contribution in [3.8, 4) is 5.75 Å². The minimum atomic E-state index is -4.96. The van der Waals surface area contributed by atoms with E-state index < -0.39 is 18.0 Å². The number of ether oxygens (including phenoxy) is 1. The summed E-state index contributed by atoms with van der Waals surface area (Å²) in [5.41, 5.74) is 4.92. The number of anilines is 1. The van der Waals surface area contributed by atoms with Crippen LogP contribution in [-0.2, 0) is 0 Å². The van der Waals surface area contributed by atoms with Crippen LogP contribution in [0.2, 0.25) is 0 Å². The molecule has 0 bridgehead atoms. The van der Waals surface area contributed by atoms with Crippen molar-refractivity contribution in [2.45, 2.75) is 6.36 Å². The lowest BCUT2D eigenvalue weighted by molar-refractivity contribution is -0.274. The molecule has 100 valence electrons. The molecule has 0 fully saturated rings. The minimum absolute atomic E-state index is 0.00526. The molecule has 1 aromatic carbocycles. The Balaban J connectivity index is 2.64. The van der Waals surface area contributed by atoms with Crippen molar-refractivity contribution in [2.24, 2.45) is 5.18 Å². The van der Waals surface area contributed by atoms with Crippen molar-refractivity contribution in [3.63, 3.8) is 0 Å². The van der Waals surface area contributed by atoms with Crippen LogP contribution in [0.1, 0.15) is 10.4 Å². The van der Waals surface area contributed by atoms with Gasteiger partial charge >= 0.3 is 12.3 Å². The molecule has 0 aliphatic rings. The van der Waals surface area contributed by atoms with Gasteiger partial charge in [0.15, 0.2) is 10.9 Å². The number of hydrogen-bond donors (Lipinski definition) is 1. The van der Waals surface area contributed by atoms with Crippen LogP contribution in [0.5, 0.6) is 5.75 Å². The van der Waals surface area contributed by atoms with Gasteiger partial charge in [-0.2, -0.15) is 0 Å². The molecule has 0 aliphatic heterocycles. The van der Waals surface area contributed by atoms with Crippen LogP contribution in [0.3, 0.4) is 0 Å². The van der Waals surface area contributed by atoms with Gasteiger partial charge in [-0.3, -0.25) is 4.79 Å². The number of nitroso groups, excluding NO2 is 1. The molecule has 2 N–H and O–H groups in total. The molecule has 19 heavy (non-hydrogen) atoms. The summed E-state index contributed by atoms with van der Waals surface area (Å²) >= 11 is 0.858. The number of thiazole rings is 1. The van der Waals surface area contributed by atoms with Gasteiger partial charge in [-0.1, -0.05) is 11.3 Å². The summed E-state index contributed by atoms with van der Waals surface area (Å²) in [6, 6.07) is 1.93. The fourth-order valence-electron chi connectivity index (χ4n) is 1.39. The first-order valence-corrected chi connectivity index (χ1v) is 5.45. The molecule has 2 aromatic rings. The Morgan fingerprint density at radius 3 is 2.68 bits per heavy atom. The second-order valence-corrected chi connectivity index (χ2v) is 4.38. The van der Waals surface area contributed by atoms with Crippen LogP contribution in [0.25, 0.3) is 10.2 Å². The zero-order chi connectivity index (χ0) is 14.2. The number of benzene rings is 1. The van der Waals surface area contributed by atoms with E-state index in [4.69, 9.17) is 5.73 Å². The van der Waals surface area contributed by atoms with Gasteiger partial charge in [0, 0.05) is 5.18 Å². The number of fused-ring (bicyclic) bond motifs is 1. The van der Waals surface area contributed by atoms with Crippen molar-refractivity contribution in [1.82, 2.24) is 4.98 Å². The van der Waals surface area contributed by atoms with Gasteiger partial charge in [0.1, 0.15) is 5.52 Å². The fraction of sp³-hybridized carbons (Fsp3) is 0.111. The maximum absolute atomic E-state index is 12.2. The maximum Gasteiger partial charge on any atom is 0.573 e. The van der Waals surface area contributed by atoms with Crippen LogP contribution in [0.15, 0.2) is 17.3 Å². The summed E-state index contributed by atoms with van der Waals surface area (Å²) in [6.45, 7) is 0. The first kappa shape index (κ1) is 13.2. The Morgan fingerprint density at radius 1 is 1.42 bits per heavy atom.